The zero-order chi connectivity index (χ0) is 20.8. The van der Waals surface area contributed by atoms with Gasteiger partial charge >= 0.3 is 5.97 Å². The van der Waals surface area contributed by atoms with Gasteiger partial charge in [-0.2, -0.15) is 0 Å². The molecule has 0 aliphatic heterocycles. The minimum Gasteiger partial charge on any atom is -0.496 e. The molecular weight excluding hydrogens is 368 g/mol. The maximum absolute atomic E-state index is 12.3. The topological polar surface area (TPSA) is 91.4 Å². The van der Waals surface area contributed by atoms with Crippen LogP contribution in [0.25, 0.3) is 10.9 Å². The zero-order valence-corrected chi connectivity index (χ0v) is 16.7. The second-order valence-electron chi connectivity index (χ2n) is 7.17. The van der Waals surface area contributed by atoms with E-state index in [4.69, 9.17) is 4.74 Å². The van der Waals surface area contributed by atoms with Crippen molar-refractivity contribution in [3.8, 4) is 5.75 Å². The lowest BCUT2D eigenvalue weighted by Crippen LogP contribution is -2.34. The predicted octanol–water partition coefficient (Wildman–Crippen LogP) is 3.48. The molecule has 3 rings (SSSR count). The van der Waals surface area contributed by atoms with E-state index < -0.39 is 11.9 Å². The van der Waals surface area contributed by atoms with E-state index >= 15 is 0 Å². The summed E-state index contributed by atoms with van der Waals surface area (Å²) >= 11 is 0. The van der Waals surface area contributed by atoms with Crippen molar-refractivity contribution in [1.29, 1.82) is 0 Å². The van der Waals surface area contributed by atoms with Crippen molar-refractivity contribution < 1.29 is 19.4 Å². The Morgan fingerprint density at radius 2 is 1.93 bits per heavy atom. The van der Waals surface area contributed by atoms with E-state index in [1.54, 1.807) is 13.2 Å². The number of carboxylic acid groups (broad SMARTS) is 1. The van der Waals surface area contributed by atoms with Crippen LogP contribution in [0.5, 0.6) is 5.75 Å². The summed E-state index contributed by atoms with van der Waals surface area (Å²) in [6, 6.07) is 13.4. The molecule has 6 nitrogen and oxygen atoms in total. The lowest BCUT2D eigenvalue weighted by atomic mass is 9.98. The Bertz CT molecular complexity index is 1010. The average molecular weight is 394 g/mol. The fourth-order valence-corrected chi connectivity index (χ4v) is 3.53. The number of aliphatic carboxylic acids is 1. The van der Waals surface area contributed by atoms with Crippen molar-refractivity contribution in [3.05, 3.63) is 65.4 Å². The third kappa shape index (κ3) is 4.96. The predicted molar refractivity (Wildman–Crippen MR) is 112 cm³/mol. The number of amides is 1. The molecular formula is C23H26N2O4. The summed E-state index contributed by atoms with van der Waals surface area (Å²) in [7, 11) is 1.56. The van der Waals surface area contributed by atoms with Crippen LogP contribution in [-0.2, 0) is 22.4 Å². The second-order valence-corrected chi connectivity index (χ2v) is 7.17. The number of benzene rings is 2. The van der Waals surface area contributed by atoms with Gasteiger partial charge in [0.15, 0.2) is 0 Å². The number of carboxylic acids is 1. The number of nitrogens with one attached hydrogen (secondary N) is 2. The lowest BCUT2D eigenvalue weighted by Gasteiger charge is -2.15. The molecule has 0 fully saturated rings. The number of carbonyl (C=O) groups excluding carboxylic acids is 1. The first-order valence-corrected chi connectivity index (χ1v) is 9.66. The molecule has 6 heteroatoms. The normalized spacial score (nSPS) is 11.9. The van der Waals surface area contributed by atoms with Gasteiger partial charge in [0.25, 0.3) is 0 Å². The van der Waals surface area contributed by atoms with Crippen LogP contribution in [0.2, 0.25) is 0 Å². The minimum absolute atomic E-state index is 0.0825. The highest BCUT2D eigenvalue weighted by Gasteiger charge is 2.20. The molecule has 1 aromatic heterocycles. The summed E-state index contributed by atoms with van der Waals surface area (Å²) in [5.74, 6) is -1.16. The van der Waals surface area contributed by atoms with Crippen LogP contribution in [0.4, 0.5) is 0 Å². The first-order chi connectivity index (χ1) is 14.0. The third-order valence-electron chi connectivity index (χ3n) is 5.18. The molecule has 29 heavy (non-hydrogen) atoms. The van der Waals surface area contributed by atoms with Gasteiger partial charge in [0.05, 0.1) is 13.0 Å². The van der Waals surface area contributed by atoms with Crippen molar-refractivity contribution in [2.45, 2.75) is 26.2 Å². The van der Waals surface area contributed by atoms with E-state index in [-0.39, 0.29) is 12.5 Å². The molecule has 0 saturated carbocycles. The van der Waals surface area contributed by atoms with Gasteiger partial charge in [-0.05, 0) is 42.5 Å². The van der Waals surface area contributed by atoms with Crippen LogP contribution in [0.15, 0.2) is 48.7 Å². The lowest BCUT2D eigenvalue weighted by molar-refractivity contribution is -0.141. The Kier molecular flexibility index (Phi) is 6.54. The molecule has 0 aliphatic rings. The van der Waals surface area contributed by atoms with Crippen molar-refractivity contribution in [2.75, 3.05) is 13.7 Å². The smallest absolute Gasteiger partial charge is 0.308 e. The minimum atomic E-state index is -0.941. The quantitative estimate of drug-likeness (QED) is 0.518. The van der Waals surface area contributed by atoms with E-state index in [2.05, 4.69) is 10.3 Å². The van der Waals surface area contributed by atoms with Gasteiger partial charge < -0.3 is 20.1 Å². The first-order valence-electron chi connectivity index (χ1n) is 9.66. The number of methoxy groups -OCH3 is 1. The van der Waals surface area contributed by atoms with E-state index in [0.29, 0.717) is 25.0 Å². The van der Waals surface area contributed by atoms with Crippen LogP contribution in [0, 0.1) is 12.8 Å². The Hall–Kier alpha value is -3.28. The highest BCUT2D eigenvalue weighted by Crippen LogP contribution is 2.23. The molecule has 2 aromatic carbocycles. The molecule has 0 spiro atoms. The molecule has 3 N–H and O–H groups in total. The molecule has 0 saturated heterocycles. The summed E-state index contributed by atoms with van der Waals surface area (Å²) in [6.07, 6.45) is 3.13. The summed E-state index contributed by atoms with van der Waals surface area (Å²) in [5.41, 5.74) is 4.15. The molecule has 3 aromatic rings. The van der Waals surface area contributed by atoms with Gasteiger partial charge in [-0.1, -0.05) is 36.4 Å². The van der Waals surface area contributed by atoms with Crippen LogP contribution in [-0.4, -0.2) is 35.6 Å². The van der Waals surface area contributed by atoms with Gasteiger partial charge in [-0.25, -0.2) is 0 Å². The Morgan fingerprint density at radius 3 is 2.69 bits per heavy atom. The molecule has 0 radical (unpaired) electrons. The fourth-order valence-electron chi connectivity index (χ4n) is 3.53. The maximum atomic E-state index is 12.3. The van der Waals surface area contributed by atoms with Crippen LogP contribution in [0.3, 0.4) is 0 Å². The Morgan fingerprint density at radius 1 is 1.14 bits per heavy atom. The van der Waals surface area contributed by atoms with Crippen molar-refractivity contribution in [3.63, 3.8) is 0 Å². The van der Waals surface area contributed by atoms with E-state index in [1.165, 1.54) is 5.56 Å². The highest BCUT2D eigenvalue weighted by molar-refractivity contribution is 5.86. The van der Waals surface area contributed by atoms with Crippen LogP contribution in [0.1, 0.15) is 23.1 Å². The summed E-state index contributed by atoms with van der Waals surface area (Å²) < 4.78 is 5.29. The number of hydrogen-bond donors (Lipinski definition) is 3. The van der Waals surface area contributed by atoms with Crippen LogP contribution >= 0.6 is 0 Å². The zero-order valence-electron chi connectivity index (χ0n) is 16.7. The number of H-pyrrole nitrogens is 1. The average Bonchev–Trinajstić information content (AvgIpc) is 3.14. The van der Waals surface area contributed by atoms with Gasteiger partial charge in [0, 0.05) is 30.1 Å². The first kappa shape index (κ1) is 20.5. The number of rotatable bonds is 9. The van der Waals surface area contributed by atoms with Gasteiger partial charge in [0.2, 0.25) is 5.91 Å². The molecule has 0 aliphatic carbocycles. The number of para-hydroxylation sites is 2. The number of fused-ring (bicyclic) bond motifs is 1. The van der Waals surface area contributed by atoms with Crippen LogP contribution < -0.4 is 10.1 Å². The molecule has 152 valence electrons. The summed E-state index contributed by atoms with van der Waals surface area (Å²) in [6.45, 7) is 2.13. The number of aromatic amines is 1. The van der Waals surface area contributed by atoms with Gasteiger partial charge in [-0.15, -0.1) is 0 Å². The van der Waals surface area contributed by atoms with E-state index in [9.17, 15) is 14.7 Å². The van der Waals surface area contributed by atoms with E-state index in [1.807, 2.05) is 49.5 Å². The SMILES string of the molecule is COc1ccccc1CC(CNC(=O)CCc1c[nH]c2c(C)cccc12)C(=O)O. The standard InChI is InChI=1S/C23H26N2O4/c1-15-6-5-8-19-17(13-25-22(15)19)10-11-21(26)24-14-18(23(27)28)12-16-7-3-4-9-20(16)29-2/h3-9,13,18,25H,10-12,14H2,1-2H3,(H,24,26)(H,27,28). The van der Waals surface area contributed by atoms with Gasteiger partial charge in [-0.3, -0.25) is 9.59 Å². The molecule has 1 heterocycles. The second kappa shape index (κ2) is 9.28. The number of carbonyl (C=O) groups is 2. The monoisotopic (exact) mass is 394 g/mol. The van der Waals surface area contributed by atoms with Crippen molar-refractivity contribution >= 4 is 22.8 Å². The number of hydrogen-bond acceptors (Lipinski definition) is 3. The number of ether oxygens (including phenoxy) is 1. The van der Waals surface area contributed by atoms with E-state index in [0.717, 1.165) is 22.0 Å². The highest BCUT2D eigenvalue weighted by atomic mass is 16.5. The number of aromatic nitrogens is 1. The van der Waals surface area contributed by atoms with Gasteiger partial charge in [0.1, 0.15) is 5.75 Å². The maximum Gasteiger partial charge on any atom is 0.308 e. The largest absolute Gasteiger partial charge is 0.496 e. The number of aryl methyl sites for hydroxylation is 2. The fraction of sp³-hybridized carbons (Fsp3) is 0.304. The molecule has 1 unspecified atom stereocenters. The summed E-state index contributed by atoms with van der Waals surface area (Å²) in [5, 5.41) is 13.4. The Balaban J connectivity index is 1.56. The molecule has 1 atom stereocenters. The summed E-state index contributed by atoms with van der Waals surface area (Å²) in [4.78, 5) is 27.2. The third-order valence-corrected chi connectivity index (χ3v) is 5.18. The van der Waals surface area contributed by atoms with Crippen molar-refractivity contribution in [2.24, 2.45) is 5.92 Å². The molecule has 0 bridgehead atoms. The van der Waals surface area contributed by atoms with Crippen molar-refractivity contribution in [1.82, 2.24) is 10.3 Å². The molecule has 1 amide bonds. The Labute approximate surface area is 169 Å².